The minimum Gasteiger partial charge on any atom is -0.374 e. The van der Waals surface area contributed by atoms with Crippen LogP contribution in [0, 0.1) is 17.1 Å². The highest BCUT2D eigenvalue weighted by atomic mass is 19.1. The van der Waals surface area contributed by atoms with E-state index in [9.17, 15) is 4.39 Å². The Kier molecular flexibility index (Phi) is 4.26. The van der Waals surface area contributed by atoms with Crippen molar-refractivity contribution in [2.24, 2.45) is 5.73 Å². The molecule has 0 bridgehead atoms. The summed E-state index contributed by atoms with van der Waals surface area (Å²) in [4.78, 5) is 2.18. The van der Waals surface area contributed by atoms with Crippen molar-refractivity contribution >= 4 is 0 Å². The number of hydrogen-bond acceptors (Lipinski definition) is 4. The Balaban J connectivity index is 2.07. The normalized spacial score (nSPS) is 20.6. The van der Waals surface area contributed by atoms with Gasteiger partial charge in [0.2, 0.25) is 0 Å². The number of nitrogens with two attached hydrogens (primary N) is 1. The van der Waals surface area contributed by atoms with Gasteiger partial charge >= 0.3 is 0 Å². The molecule has 0 saturated carbocycles. The Bertz CT molecular complexity index is 458. The maximum absolute atomic E-state index is 13.0. The van der Waals surface area contributed by atoms with E-state index >= 15 is 0 Å². The van der Waals surface area contributed by atoms with Gasteiger partial charge in [0, 0.05) is 26.2 Å². The number of hydrogen-bond donors (Lipinski definition) is 1. The van der Waals surface area contributed by atoms with Crippen LogP contribution >= 0.6 is 0 Å². The van der Waals surface area contributed by atoms with Gasteiger partial charge in [-0.3, -0.25) is 4.90 Å². The summed E-state index contributed by atoms with van der Waals surface area (Å²) in [5.74, 6) is -0.378. The zero-order chi connectivity index (χ0) is 13.0. The average Bonchev–Trinajstić information content (AvgIpc) is 2.41. The van der Waals surface area contributed by atoms with Crippen molar-refractivity contribution in [1.29, 1.82) is 5.26 Å². The molecule has 18 heavy (non-hydrogen) atoms. The Labute approximate surface area is 106 Å². The molecule has 4 nitrogen and oxygen atoms in total. The highest BCUT2D eigenvalue weighted by Gasteiger charge is 2.20. The Morgan fingerprint density at radius 3 is 3.11 bits per heavy atom. The zero-order valence-corrected chi connectivity index (χ0v) is 10.1. The summed E-state index contributed by atoms with van der Waals surface area (Å²) < 4.78 is 18.5. The fourth-order valence-electron chi connectivity index (χ4n) is 2.10. The molecule has 1 fully saturated rings. The van der Waals surface area contributed by atoms with Crippen LogP contribution in [0.4, 0.5) is 4.39 Å². The van der Waals surface area contributed by atoms with Crippen molar-refractivity contribution in [2.45, 2.75) is 12.6 Å². The molecule has 1 aliphatic heterocycles. The third-order valence-electron chi connectivity index (χ3n) is 3.07. The first-order chi connectivity index (χ1) is 8.72. The SMILES string of the molecule is N#Cc1cc(F)ccc1CN1CCOC(CN)C1. The Hall–Kier alpha value is -1.48. The molecular weight excluding hydrogens is 233 g/mol. The van der Waals surface area contributed by atoms with Gasteiger partial charge in [-0.2, -0.15) is 5.26 Å². The number of nitrogens with zero attached hydrogens (tertiary/aromatic N) is 2. The van der Waals surface area contributed by atoms with E-state index in [1.165, 1.54) is 12.1 Å². The van der Waals surface area contributed by atoms with Crippen LogP contribution in [-0.4, -0.2) is 37.2 Å². The van der Waals surface area contributed by atoms with Crippen LogP contribution in [0.2, 0.25) is 0 Å². The van der Waals surface area contributed by atoms with Gasteiger partial charge in [0.15, 0.2) is 0 Å². The van der Waals surface area contributed by atoms with Crippen LogP contribution in [0.1, 0.15) is 11.1 Å². The van der Waals surface area contributed by atoms with Crippen LogP contribution < -0.4 is 5.73 Å². The molecule has 0 radical (unpaired) electrons. The van der Waals surface area contributed by atoms with Gasteiger partial charge in [-0.1, -0.05) is 6.07 Å². The molecule has 1 atom stereocenters. The molecule has 0 amide bonds. The summed E-state index contributed by atoms with van der Waals surface area (Å²) in [6.45, 7) is 3.32. The summed E-state index contributed by atoms with van der Waals surface area (Å²) in [5, 5.41) is 8.99. The highest BCUT2D eigenvalue weighted by molar-refractivity contribution is 5.37. The van der Waals surface area contributed by atoms with Gasteiger partial charge in [0.1, 0.15) is 5.82 Å². The van der Waals surface area contributed by atoms with Crippen LogP contribution in [0.5, 0.6) is 0 Å². The summed E-state index contributed by atoms with van der Waals surface area (Å²) in [7, 11) is 0. The number of halogens is 1. The molecule has 0 spiro atoms. The summed E-state index contributed by atoms with van der Waals surface area (Å²) >= 11 is 0. The second-order valence-electron chi connectivity index (χ2n) is 4.38. The average molecular weight is 249 g/mol. The molecule has 1 heterocycles. The second kappa shape index (κ2) is 5.91. The molecule has 96 valence electrons. The summed E-state index contributed by atoms with van der Waals surface area (Å²) in [6.07, 6.45) is 0.0461. The molecule has 1 aromatic carbocycles. The number of nitriles is 1. The fourth-order valence-corrected chi connectivity index (χ4v) is 2.10. The van der Waals surface area contributed by atoms with Crippen molar-refractivity contribution in [3.05, 3.63) is 35.1 Å². The molecule has 2 rings (SSSR count). The van der Waals surface area contributed by atoms with E-state index in [0.717, 1.165) is 18.7 Å². The topological polar surface area (TPSA) is 62.3 Å². The monoisotopic (exact) mass is 249 g/mol. The van der Waals surface area contributed by atoms with Gasteiger partial charge in [-0.25, -0.2) is 4.39 Å². The smallest absolute Gasteiger partial charge is 0.124 e. The third-order valence-corrected chi connectivity index (χ3v) is 3.07. The van der Waals surface area contributed by atoms with Crippen LogP contribution in [0.15, 0.2) is 18.2 Å². The summed E-state index contributed by atoms with van der Waals surface area (Å²) in [6, 6.07) is 6.36. The highest BCUT2D eigenvalue weighted by Crippen LogP contribution is 2.15. The number of rotatable bonds is 3. The van der Waals surface area contributed by atoms with Crippen molar-refractivity contribution in [3.8, 4) is 6.07 Å². The van der Waals surface area contributed by atoms with Crippen LogP contribution in [0.25, 0.3) is 0 Å². The predicted molar refractivity (Wildman–Crippen MR) is 65.2 cm³/mol. The van der Waals surface area contributed by atoms with E-state index < -0.39 is 0 Å². The molecule has 0 aromatic heterocycles. The predicted octanol–water partition coefficient (Wildman–Crippen LogP) is 0.857. The van der Waals surface area contributed by atoms with Gasteiger partial charge < -0.3 is 10.5 Å². The van der Waals surface area contributed by atoms with Crippen molar-refractivity contribution < 1.29 is 9.13 Å². The lowest BCUT2D eigenvalue weighted by molar-refractivity contribution is -0.0260. The number of morpholine rings is 1. The van der Waals surface area contributed by atoms with Crippen molar-refractivity contribution in [3.63, 3.8) is 0 Å². The molecule has 1 unspecified atom stereocenters. The first kappa shape index (κ1) is 13.0. The molecule has 1 aliphatic rings. The number of benzene rings is 1. The zero-order valence-electron chi connectivity index (χ0n) is 10.1. The molecule has 0 aliphatic carbocycles. The van der Waals surface area contributed by atoms with Gasteiger partial charge in [0.25, 0.3) is 0 Å². The third kappa shape index (κ3) is 3.05. The van der Waals surface area contributed by atoms with E-state index in [0.29, 0.717) is 25.3 Å². The minimum absolute atomic E-state index is 0.0461. The maximum atomic E-state index is 13.0. The molecule has 1 saturated heterocycles. The molecule has 2 N–H and O–H groups in total. The van der Waals surface area contributed by atoms with E-state index in [4.69, 9.17) is 15.7 Å². The van der Waals surface area contributed by atoms with Gasteiger partial charge in [-0.15, -0.1) is 0 Å². The molecule has 5 heteroatoms. The van der Waals surface area contributed by atoms with Crippen molar-refractivity contribution in [1.82, 2.24) is 4.90 Å². The van der Waals surface area contributed by atoms with Gasteiger partial charge in [0.05, 0.1) is 24.3 Å². The van der Waals surface area contributed by atoms with E-state index in [2.05, 4.69) is 4.90 Å². The second-order valence-corrected chi connectivity index (χ2v) is 4.38. The largest absolute Gasteiger partial charge is 0.374 e. The quantitative estimate of drug-likeness (QED) is 0.863. The lowest BCUT2D eigenvalue weighted by Crippen LogP contribution is -2.45. The number of ether oxygens (including phenoxy) is 1. The summed E-state index contributed by atoms with van der Waals surface area (Å²) in [5.41, 5.74) is 6.82. The standard InChI is InChI=1S/C13H16FN3O/c14-12-2-1-10(11(5-12)6-15)8-17-3-4-18-13(7-16)9-17/h1-2,5,13H,3-4,7-9,16H2. The van der Waals surface area contributed by atoms with E-state index in [-0.39, 0.29) is 11.9 Å². The van der Waals surface area contributed by atoms with Crippen LogP contribution in [-0.2, 0) is 11.3 Å². The first-order valence-corrected chi connectivity index (χ1v) is 5.95. The fraction of sp³-hybridized carbons (Fsp3) is 0.462. The Morgan fingerprint density at radius 2 is 2.39 bits per heavy atom. The minimum atomic E-state index is -0.378. The first-order valence-electron chi connectivity index (χ1n) is 5.95. The lowest BCUT2D eigenvalue weighted by atomic mass is 10.1. The van der Waals surface area contributed by atoms with Crippen LogP contribution in [0.3, 0.4) is 0 Å². The maximum Gasteiger partial charge on any atom is 0.124 e. The Morgan fingerprint density at radius 1 is 1.56 bits per heavy atom. The van der Waals surface area contributed by atoms with E-state index in [1.54, 1.807) is 6.07 Å². The van der Waals surface area contributed by atoms with Gasteiger partial charge in [-0.05, 0) is 17.7 Å². The molecule has 1 aromatic rings. The van der Waals surface area contributed by atoms with Crippen molar-refractivity contribution in [2.75, 3.05) is 26.2 Å². The molecular formula is C13H16FN3O. The van der Waals surface area contributed by atoms with E-state index in [1.807, 2.05) is 6.07 Å². The lowest BCUT2D eigenvalue weighted by Gasteiger charge is -2.32.